The molecule has 2 fully saturated rings. The number of Topliss-reactive ketones (excluding diaryl/α,β-unsaturated/α-hetero) is 1. The lowest BCUT2D eigenvalue weighted by Crippen LogP contribution is -2.29. The third-order valence-corrected chi connectivity index (χ3v) is 6.80. The summed E-state index contributed by atoms with van der Waals surface area (Å²) in [6, 6.07) is 8.13. The molecule has 0 amide bonds. The zero-order valence-corrected chi connectivity index (χ0v) is 15.5. The van der Waals surface area contributed by atoms with Crippen LogP contribution in [0.15, 0.2) is 18.2 Å². The van der Waals surface area contributed by atoms with E-state index in [4.69, 9.17) is 5.73 Å². The Morgan fingerprint density at radius 1 is 1.08 bits per heavy atom. The molecule has 1 aromatic rings. The Hall–Kier alpha value is -1.19. The van der Waals surface area contributed by atoms with Gasteiger partial charge in [-0.05, 0) is 81.0 Å². The third-order valence-electron chi connectivity index (χ3n) is 6.80. The van der Waals surface area contributed by atoms with Crippen LogP contribution < -0.4 is 5.73 Å². The highest BCUT2D eigenvalue weighted by Gasteiger charge is 2.43. The fourth-order valence-corrected chi connectivity index (χ4v) is 5.36. The van der Waals surface area contributed by atoms with Gasteiger partial charge in [-0.2, -0.15) is 0 Å². The maximum Gasteiger partial charge on any atom is 0.162 e. The summed E-state index contributed by atoms with van der Waals surface area (Å²) in [7, 11) is 0. The number of nitrogens with two attached hydrogens (primary N) is 1. The molecule has 2 heterocycles. The quantitative estimate of drug-likeness (QED) is 0.759. The van der Waals surface area contributed by atoms with Crippen molar-refractivity contribution in [1.82, 2.24) is 4.90 Å². The largest absolute Gasteiger partial charge is 0.328 e. The first kappa shape index (κ1) is 17.2. The smallest absolute Gasteiger partial charge is 0.162 e. The van der Waals surface area contributed by atoms with Crippen LogP contribution in [0.2, 0.25) is 0 Å². The maximum absolute atomic E-state index is 12.3. The Morgan fingerprint density at radius 3 is 2.52 bits per heavy atom. The van der Waals surface area contributed by atoms with E-state index in [1.165, 1.54) is 62.6 Å². The van der Waals surface area contributed by atoms with Gasteiger partial charge in [0.25, 0.3) is 0 Å². The summed E-state index contributed by atoms with van der Waals surface area (Å²) in [5.74, 6) is 1.17. The first-order valence-electron chi connectivity index (χ1n) is 10.4. The van der Waals surface area contributed by atoms with E-state index in [2.05, 4.69) is 30.0 Å². The minimum absolute atomic E-state index is 0.304. The van der Waals surface area contributed by atoms with Crippen molar-refractivity contribution in [2.45, 2.75) is 82.8 Å². The number of carbonyl (C=O) groups excluding carboxylic acids is 1. The van der Waals surface area contributed by atoms with E-state index < -0.39 is 0 Å². The number of hydrogen-bond donors (Lipinski definition) is 1. The van der Waals surface area contributed by atoms with Crippen LogP contribution in [0.3, 0.4) is 0 Å². The second-order valence-corrected chi connectivity index (χ2v) is 8.43. The highest BCUT2D eigenvalue weighted by Crippen LogP contribution is 2.53. The van der Waals surface area contributed by atoms with E-state index in [1.54, 1.807) is 0 Å². The van der Waals surface area contributed by atoms with Crippen molar-refractivity contribution in [3.8, 4) is 0 Å². The highest BCUT2D eigenvalue weighted by molar-refractivity contribution is 5.96. The standard InChI is InChI=1S/C22H32N2O/c1-2-3-22(25)16-6-9-18-19(14-16)21-11-10-20(18)24(21)13-12-15-4-7-17(23)8-5-15/h6,9,14-15,17,20-21H,2-5,7-8,10-13,23H2,1H3/t15-,17-,20?,21?. The van der Waals surface area contributed by atoms with E-state index in [0.29, 0.717) is 30.3 Å². The van der Waals surface area contributed by atoms with Crippen LogP contribution in [0.5, 0.6) is 0 Å². The molecule has 1 aliphatic carbocycles. The Labute approximate surface area is 152 Å². The van der Waals surface area contributed by atoms with E-state index >= 15 is 0 Å². The highest BCUT2D eigenvalue weighted by atomic mass is 16.1. The molecule has 0 spiro atoms. The van der Waals surface area contributed by atoms with Crippen molar-refractivity contribution in [3.05, 3.63) is 34.9 Å². The molecule has 3 aliphatic rings. The molecule has 1 saturated carbocycles. The van der Waals surface area contributed by atoms with Gasteiger partial charge >= 0.3 is 0 Å². The first-order chi connectivity index (χ1) is 12.2. The van der Waals surface area contributed by atoms with Crippen LogP contribution in [-0.4, -0.2) is 23.3 Å². The van der Waals surface area contributed by atoms with Gasteiger partial charge in [0.05, 0.1) is 0 Å². The summed E-state index contributed by atoms with van der Waals surface area (Å²) in [6.07, 6.45) is 10.5. The molecule has 1 saturated heterocycles. The van der Waals surface area contributed by atoms with Gasteiger partial charge in [0.1, 0.15) is 0 Å². The van der Waals surface area contributed by atoms with Crippen LogP contribution in [0, 0.1) is 5.92 Å². The molecule has 25 heavy (non-hydrogen) atoms. The van der Waals surface area contributed by atoms with Gasteiger partial charge in [-0.1, -0.05) is 19.1 Å². The SMILES string of the molecule is CCCC(=O)c1ccc2c(c1)C1CCC2N1CC[C@H]1CC[C@H](N)CC1. The van der Waals surface area contributed by atoms with Gasteiger partial charge in [-0.25, -0.2) is 0 Å². The van der Waals surface area contributed by atoms with Crippen LogP contribution in [0.25, 0.3) is 0 Å². The van der Waals surface area contributed by atoms with Crippen molar-refractivity contribution in [3.63, 3.8) is 0 Å². The topological polar surface area (TPSA) is 46.3 Å². The van der Waals surface area contributed by atoms with Crippen molar-refractivity contribution in [2.24, 2.45) is 11.7 Å². The van der Waals surface area contributed by atoms with Crippen molar-refractivity contribution in [2.75, 3.05) is 6.54 Å². The summed E-state index contributed by atoms with van der Waals surface area (Å²) in [5, 5.41) is 0. The Balaban J connectivity index is 1.43. The second kappa shape index (κ2) is 7.20. The van der Waals surface area contributed by atoms with Crippen LogP contribution in [0.4, 0.5) is 0 Å². The van der Waals surface area contributed by atoms with Gasteiger partial charge < -0.3 is 5.73 Å². The minimum Gasteiger partial charge on any atom is -0.328 e. The number of hydrogen-bond acceptors (Lipinski definition) is 3. The predicted molar refractivity (Wildman–Crippen MR) is 102 cm³/mol. The number of fused-ring (bicyclic) bond motifs is 5. The number of nitrogens with zero attached hydrogens (tertiary/aromatic N) is 1. The fourth-order valence-electron chi connectivity index (χ4n) is 5.36. The molecule has 2 aliphatic heterocycles. The van der Waals surface area contributed by atoms with Crippen molar-refractivity contribution < 1.29 is 4.79 Å². The van der Waals surface area contributed by atoms with Gasteiger partial charge in [-0.3, -0.25) is 9.69 Å². The van der Waals surface area contributed by atoms with E-state index in [1.807, 2.05) is 0 Å². The van der Waals surface area contributed by atoms with Gasteiger partial charge in [0, 0.05) is 30.1 Å². The summed E-state index contributed by atoms with van der Waals surface area (Å²) >= 11 is 0. The lowest BCUT2D eigenvalue weighted by atomic mass is 9.84. The van der Waals surface area contributed by atoms with Crippen molar-refractivity contribution >= 4 is 5.78 Å². The molecular formula is C22H32N2O. The molecule has 3 nitrogen and oxygen atoms in total. The number of carbonyl (C=O) groups is 1. The molecule has 2 unspecified atom stereocenters. The molecule has 2 bridgehead atoms. The Kier molecular flexibility index (Phi) is 4.97. The maximum atomic E-state index is 12.3. The molecule has 2 N–H and O–H groups in total. The molecule has 4 rings (SSSR count). The summed E-state index contributed by atoms with van der Waals surface area (Å²) in [4.78, 5) is 15.0. The number of rotatable bonds is 6. The number of benzene rings is 1. The van der Waals surface area contributed by atoms with E-state index in [0.717, 1.165) is 17.9 Å². The second-order valence-electron chi connectivity index (χ2n) is 8.43. The average Bonchev–Trinajstić information content (AvgIpc) is 3.17. The zero-order valence-electron chi connectivity index (χ0n) is 15.5. The lowest BCUT2D eigenvalue weighted by Gasteiger charge is -2.29. The Bertz CT molecular complexity index is 633. The molecule has 2 atom stereocenters. The van der Waals surface area contributed by atoms with Crippen LogP contribution in [-0.2, 0) is 0 Å². The van der Waals surface area contributed by atoms with Gasteiger partial charge in [-0.15, -0.1) is 0 Å². The molecule has 0 radical (unpaired) electrons. The minimum atomic E-state index is 0.304. The fraction of sp³-hybridized carbons (Fsp3) is 0.682. The van der Waals surface area contributed by atoms with Gasteiger partial charge in [0.2, 0.25) is 0 Å². The molecule has 1 aromatic carbocycles. The van der Waals surface area contributed by atoms with E-state index in [-0.39, 0.29) is 0 Å². The van der Waals surface area contributed by atoms with Crippen LogP contribution in [0.1, 0.15) is 98.3 Å². The van der Waals surface area contributed by atoms with Crippen molar-refractivity contribution in [1.29, 1.82) is 0 Å². The lowest BCUT2D eigenvalue weighted by molar-refractivity contribution is 0.0981. The predicted octanol–water partition coefficient (Wildman–Crippen LogP) is 4.77. The summed E-state index contributed by atoms with van der Waals surface area (Å²) in [5.41, 5.74) is 9.92. The Morgan fingerprint density at radius 2 is 1.80 bits per heavy atom. The number of ketones is 1. The summed E-state index contributed by atoms with van der Waals surface area (Å²) in [6.45, 7) is 3.29. The average molecular weight is 341 g/mol. The zero-order chi connectivity index (χ0) is 17.4. The van der Waals surface area contributed by atoms with Crippen LogP contribution >= 0.6 is 0 Å². The molecule has 3 heteroatoms. The molecule has 136 valence electrons. The summed E-state index contributed by atoms with van der Waals surface area (Å²) < 4.78 is 0. The third kappa shape index (κ3) is 3.29. The van der Waals surface area contributed by atoms with Gasteiger partial charge in [0.15, 0.2) is 5.78 Å². The monoisotopic (exact) mass is 340 g/mol. The molecule has 0 aromatic heterocycles. The van der Waals surface area contributed by atoms with E-state index in [9.17, 15) is 4.79 Å². The normalized spacial score (nSPS) is 31.3. The molecular weight excluding hydrogens is 308 g/mol. The first-order valence-corrected chi connectivity index (χ1v) is 10.4.